The van der Waals surface area contributed by atoms with Gasteiger partial charge < -0.3 is 15.5 Å². The molecule has 3 heterocycles. The molecule has 0 spiro atoms. The van der Waals surface area contributed by atoms with Gasteiger partial charge in [0, 0.05) is 37.4 Å². The van der Waals surface area contributed by atoms with Crippen molar-refractivity contribution in [3.63, 3.8) is 0 Å². The second-order valence-electron chi connectivity index (χ2n) is 9.29. The van der Waals surface area contributed by atoms with Gasteiger partial charge >= 0.3 is 0 Å². The molecule has 0 bridgehead atoms. The van der Waals surface area contributed by atoms with Crippen molar-refractivity contribution in [2.45, 2.75) is 26.3 Å². The van der Waals surface area contributed by atoms with E-state index in [2.05, 4.69) is 75.0 Å². The predicted molar refractivity (Wildman–Crippen MR) is 130 cm³/mol. The number of fused-ring (bicyclic) bond motifs is 1. The summed E-state index contributed by atoms with van der Waals surface area (Å²) in [5, 5.41) is 6.19. The maximum atomic E-state index is 12.3. The third-order valence-electron chi connectivity index (χ3n) is 5.28. The van der Waals surface area contributed by atoms with Crippen LogP contribution in [-0.2, 0) is 4.79 Å². The van der Waals surface area contributed by atoms with Crippen LogP contribution >= 0.6 is 0 Å². The zero-order valence-corrected chi connectivity index (χ0v) is 19.6. The first-order valence-electron chi connectivity index (χ1n) is 11.1. The van der Waals surface area contributed by atoms with E-state index in [9.17, 15) is 4.79 Å². The number of carbonyl (C=O) groups is 1. The normalized spacial score (nSPS) is 15.2. The van der Waals surface area contributed by atoms with E-state index in [0.29, 0.717) is 23.9 Å². The second-order valence-corrected chi connectivity index (χ2v) is 9.29. The summed E-state index contributed by atoms with van der Waals surface area (Å²) < 4.78 is 1.85. The molecule has 1 aliphatic rings. The van der Waals surface area contributed by atoms with E-state index in [0.717, 1.165) is 37.2 Å². The molecule has 3 aromatic rings. The molecule has 0 saturated carbocycles. The minimum atomic E-state index is -0.328. The Bertz CT molecular complexity index is 1190. The summed E-state index contributed by atoms with van der Waals surface area (Å²) in [6.07, 6.45) is 5.08. The fourth-order valence-electron chi connectivity index (χ4n) is 3.58. The molecule has 2 aromatic heterocycles. The zero-order chi connectivity index (χ0) is 23.4. The molecule has 33 heavy (non-hydrogen) atoms. The zero-order valence-electron chi connectivity index (χ0n) is 19.6. The molecule has 0 aliphatic carbocycles. The molecule has 172 valence electrons. The molecular weight excluding hydrogens is 416 g/mol. The number of rotatable bonds is 4. The van der Waals surface area contributed by atoms with Gasteiger partial charge in [-0.25, -0.2) is 9.97 Å². The van der Waals surface area contributed by atoms with E-state index in [1.807, 2.05) is 22.8 Å². The van der Waals surface area contributed by atoms with Crippen molar-refractivity contribution in [3.05, 3.63) is 36.9 Å². The number of imidazole rings is 1. The molecule has 1 aliphatic heterocycles. The summed E-state index contributed by atoms with van der Waals surface area (Å²) in [4.78, 5) is 30.3. The Morgan fingerprint density at radius 1 is 1.15 bits per heavy atom. The predicted octanol–water partition coefficient (Wildman–Crippen LogP) is 2.22. The van der Waals surface area contributed by atoms with E-state index in [-0.39, 0.29) is 11.4 Å². The Morgan fingerprint density at radius 2 is 1.94 bits per heavy atom. The summed E-state index contributed by atoms with van der Waals surface area (Å²) in [7, 11) is 2.12. The highest BCUT2D eigenvalue weighted by atomic mass is 16.1. The number of nitrogens with zero attached hydrogens (tertiary/aromatic N) is 6. The Balaban J connectivity index is 1.47. The summed E-state index contributed by atoms with van der Waals surface area (Å²) >= 11 is 0. The standard InChI is InChI=1S/C24H30N8O/c1-24(2,3)29-21-15-25-16-22(28-21)32-17-26-19-8-7-18(14-20(19)32)27-23(33)6-5-9-31-12-10-30(4)11-13-31/h7-8,14-17H,9-13H2,1-4H3,(H,27,33)(H,28,29). The Labute approximate surface area is 194 Å². The number of benzene rings is 1. The van der Waals surface area contributed by atoms with E-state index < -0.39 is 0 Å². The van der Waals surface area contributed by atoms with E-state index in [1.165, 1.54) is 0 Å². The fraction of sp³-hybridized carbons (Fsp3) is 0.417. The number of aromatic nitrogens is 4. The third-order valence-corrected chi connectivity index (χ3v) is 5.28. The topological polar surface area (TPSA) is 91.2 Å². The minimum absolute atomic E-state index is 0.132. The molecule has 0 radical (unpaired) electrons. The van der Waals surface area contributed by atoms with Gasteiger partial charge in [0.05, 0.1) is 30.0 Å². The average molecular weight is 447 g/mol. The number of amides is 1. The summed E-state index contributed by atoms with van der Waals surface area (Å²) in [5.74, 6) is 6.68. The molecule has 0 unspecified atom stereocenters. The fourth-order valence-corrected chi connectivity index (χ4v) is 3.58. The van der Waals surface area contributed by atoms with Crippen LogP contribution in [0.3, 0.4) is 0 Å². The first-order chi connectivity index (χ1) is 15.8. The third kappa shape index (κ3) is 6.06. The van der Waals surface area contributed by atoms with Gasteiger partial charge in [-0.05, 0) is 51.9 Å². The number of likely N-dealkylation sites (N-methyl/N-ethyl adjacent to an activating group) is 1. The molecule has 1 amide bonds. The van der Waals surface area contributed by atoms with Crippen LogP contribution in [0.15, 0.2) is 36.9 Å². The highest BCUT2D eigenvalue weighted by Gasteiger charge is 2.14. The van der Waals surface area contributed by atoms with Crippen LogP contribution in [0.4, 0.5) is 11.5 Å². The van der Waals surface area contributed by atoms with Crippen LogP contribution in [-0.4, -0.2) is 80.5 Å². The van der Waals surface area contributed by atoms with Crippen LogP contribution in [0.5, 0.6) is 0 Å². The molecule has 1 aromatic carbocycles. The van der Waals surface area contributed by atoms with E-state index in [4.69, 9.17) is 0 Å². The minimum Gasteiger partial charge on any atom is -0.364 e. The molecule has 1 fully saturated rings. The summed E-state index contributed by atoms with van der Waals surface area (Å²) in [6.45, 7) is 10.8. The number of anilines is 2. The molecule has 4 rings (SSSR count). The lowest BCUT2D eigenvalue weighted by Gasteiger charge is -2.30. The van der Waals surface area contributed by atoms with Gasteiger partial charge in [-0.15, -0.1) is 0 Å². The maximum Gasteiger partial charge on any atom is 0.300 e. The average Bonchev–Trinajstić information content (AvgIpc) is 3.17. The van der Waals surface area contributed by atoms with Crippen molar-refractivity contribution in [3.8, 4) is 17.7 Å². The van der Waals surface area contributed by atoms with Crippen LogP contribution in [0.2, 0.25) is 0 Å². The van der Waals surface area contributed by atoms with Gasteiger partial charge in [0.25, 0.3) is 5.91 Å². The SMILES string of the molecule is CN1CCN(CC#CC(=O)Nc2ccc3ncn(-c4cncc(NC(C)(C)C)n4)c3c2)CC1. The van der Waals surface area contributed by atoms with E-state index in [1.54, 1.807) is 18.7 Å². The van der Waals surface area contributed by atoms with Crippen LogP contribution < -0.4 is 10.6 Å². The van der Waals surface area contributed by atoms with Crippen LogP contribution in [0.25, 0.3) is 16.9 Å². The number of hydrogen-bond donors (Lipinski definition) is 2. The molecule has 0 atom stereocenters. The van der Waals surface area contributed by atoms with Gasteiger partial charge in [0.15, 0.2) is 5.82 Å². The number of hydrogen-bond acceptors (Lipinski definition) is 7. The molecule has 9 heteroatoms. The summed E-state index contributed by atoms with van der Waals surface area (Å²) in [5.41, 5.74) is 2.14. The van der Waals surface area contributed by atoms with Gasteiger partial charge in [-0.1, -0.05) is 5.92 Å². The Hall–Kier alpha value is -3.48. The Morgan fingerprint density at radius 3 is 2.70 bits per heavy atom. The van der Waals surface area contributed by atoms with Gasteiger partial charge in [-0.3, -0.25) is 19.2 Å². The first-order valence-corrected chi connectivity index (χ1v) is 11.1. The first kappa shape index (κ1) is 22.7. The van der Waals surface area contributed by atoms with Crippen molar-refractivity contribution in [2.24, 2.45) is 0 Å². The molecular formula is C24H30N8O. The van der Waals surface area contributed by atoms with Crippen LogP contribution in [0.1, 0.15) is 20.8 Å². The van der Waals surface area contributed by atoms with E-state index >= 15 is 0 Å². The maximum absolute atomic E-state index is 12.3. The number of nitrogens with one attached hydrogen (secondary N) is 2. The smallest absolute Gasteiger partial charge is 0.300 e. The second kappa shape index (κ2) is 9.57. The van der Waals surface area contributed by atoms with Crippen molar-refractivity contribution >= 4 is 28.4 Å². The van der Waals surface area contributed by atoms with Crippen molar-refractivity contribution in [2.75, 3.05) is 50.4 Å². The Kier molecular flexibility index (Phi) is 6.58. The quantitative estimate of drug-likeness (QED) is 0.594. The molecule has 1 saturated heterocycles. The van der Waals surface area contributed by atoms with Gasteiger partial charge in [0.1, 0.15) is 12.1 Å². The van der Waals surface area contributed by atoms with Gasteiger partial charge in [-0.2, -0.15) is 0 Å². The van der Waals surface area contributed by atoms with Crippen molar-refractivity contribution < 1.29 is 4.79 Å². The highest BCUT2D eigenvalue weighted by Crippen LogP contribution is 2.22. The van der Waals surface area contributed by atoms with Gasteiger partial charge in [0.2, 0.25) is 0 Å². The van der Waals surface area contributed by atoms with Crippen molar-refractivity contribution in [1.29, 1.82) is 0 Å². The molecule has 9 nitrogen and oxygen atoms in total. The highest BCUT2D eigenvalue weighted by molar-refractivity contribution is 6.04. The number of piperazine rings is 1. The van der Waals surface area contributed by atoms with Crippen LogP contribution in [0, 0.1) is 11.8 Å². The summed E-state index contributed by atoms with van der Waals surface area (Å²) in [6, 6.07) is 5.56. The largest absolute Gasteiger partial charge is 0.364 e. The lowest BCUT2D eigenvalue weighted by atomic mass is 10.1. The lowest BCUT2D eigenvalue weighted by molar-refractivity contribution is -0.111. The van der Waals surface area contributed by atoms with Crippen molar-refractivity contribution in [1.82, 2.24) is 29.3 Å². The molecule has 2 N–H and O–H groups in total. The number of carbonyl (C=O) groups excluding carboxylic acids is 1. The monoisotopic (exact) mass is 446 g/mol. The lowest BCUT2D eigenvalue weighted by Crippen LogP contribution is -2.44.